The number of rotatable bonds is 7. The van der Waals surface area contributed by atoms with Gasteiger partial charge in [-0.25, -0.2) is 4.98 Å². The molecule has 4 heteroatoms. The Kier molecular flexibility index (Phi) is 5.95. The van der Waals surface area contributed by atoms with Gasteiger partial charge in [-0.05, 0) is 30.0 Å². The van der Waals surface area contributed by atoms with E-state index < -0.39 is 0 Å². The van der Waals surface area contributed by atoms with Gasteiger partial charge in [0.15, 0.2) is 0 Å². The molecule has 22 heavy (non-hydrogen) atoms. The van der Waals surface area contributed by atoms with Gasteiger partial charge in [0.05, 0.1) is 0 Å². The zero-order chi connectivity index (χ0) is 15.8. The summed E-state index contributed by atoms with van der Waals surface area (Å²) in [4.78, 5) is 16.3. The Morgan fingerprint density at radius 1 is 1.18 bits per heavy atom. The fraction of sp³-hybridized carbons (Fsp3) is 0.333. The van der Waals surface area contributed by atoms with Gasteiger partial charge in [0.1, 0.15) is 5.82 Å². The number of nitrogens with zero attached hydrogens (tertiary/aromatic N) is 1. The van der Waals surface area contributed by atoms with E-state index in [0.717, 1.165) is 18.8 Å². The number of aromatic nitrogens is 1. The van der Waals surface area contributed by atoms with E-state index in [9.17, 15) is 4.79 Å². The molecule has 2 N–H and O–H groups in total. The number of benzene rings is 1. The molecule has 1 amide bonds. The third-order valence-corrected chi connectivity index (χ3v) is 3.26. The average Bonchev–Trinajstić information content (AvgIpc) is 2.54. The Bertz CT molecular complexity index is 596. The van der Waals surface area contributed by atoms with Gasteiger partial charge in [0.25, 0.3) is 5.91 Å². The number of hydrogen-bond donors (Lipinski definition) is 2. The van der Waals surface area contributed by atoms with Crippen molar-refractivity contribution in [1.82, 2.24) is 10.3 Å². The van der Waals surface area contributed by atoms with Crippen LogP contribution in [0.5, 0.6) is 0 Å². The van der Waals surface area contributed by atoms with Gasteiger partial charge in [-0.15, -0.1) is 0 Å². The SMILES string of the molecule is CC(C)CNC(=O)c1ccnc(NCCc2ccccc2)c1. The number of anilines is 1. The Morgan fingerprint density at radius 2 is 1.95 bits per heavy atom. The number of carbonyl (C=O) groups excluding carboxylic acids is 1. The largest absolute Gasteiger partial charge is 0.370 e. The van der Waals surface area contributed by atoms with Crippen molar-refractivity contribution in [2.24, 2.45) is 5.92 Å². The normalized spacial score (nSPS) is 10.5. The average molecular weight is 297 g/mol. The number of hydrogen-bond acceptors (Lipinski definition) is 3. The molecule has 0 aliphatic carbocycles. The molecule has 1 aromatic carbocycles. The summed E-state index contributed by atoms with van der Waals surface area (Å²) >= 11 is 0. The van der Waals surface area contributed by atoms with E-state index >= 15 is 0 Å². The van der Waals surface area contributed by atoms with Gasteiger partial charge in [-0.3, -0.25) is 4.79 Å². The van der Waals surface area contributed by atoms with Crippen molar-refractivity contribution in [3.05, 3.63) is 59.8 Å². The van der Waals surface area contributed by atoms with Gasteiger partial charge in [0.2, 0.25) is 0 Å². The Hall–Kier alpha value is -2.36. The molecule has 0 atom stereocenters. The number of nitrogens with one attached hydrogen (secondary N) is 2. The first-order chi connectivity index (χ1) is 10.6. The highest BCUT2D eigenvalue weighted by Crippen LogP contribution is 2.08. The third kappa shape index (κ3) is 5.20. The second-order valence-electron chi connectivity index (χ2n) is 5.70. The van der Waals surface area contributed by atoms with Crippen LogP contribution in [0, 0.1) is 5.92 Å². The van der Waals surface area contributed by atoms with Crippen LogP contribution in [0.1, 0.15) is 29.8 Å². The molecule has 4 nitrogen and oxygen atoms in total. The molecule has 0 spiro atoms. The van der Waals surface area contributed by atoms with Crippen molar-refractivity contribution in [3.63, 3.8) is 0 Å². The maximum atomic E-state index is 12.0. The highest BCUT2D eigenvalue weighted by atomic mass is 16.1. The van der Waals surface area contributed by atoms with Crippen LogP contribution in [0.3, 0.4) is 0 Å². The van der Waals surface area contributed by atoms with E-state index in [2.05, 4.69) is 41.6 Å². The number of carbonyl (C=O) groups is 1. The fourth-order valence-electron chi connectivity index (χ4n) is 2.05. The van der Waals surface area contributed by atoms with Crippen LogP contribution >= 0.6 is 0 Å². The highest BCUT2D eigenvalue weighted by molar-refractivity contribution is 5.94. The van der Waals surface area contributed by atoms with Crippen molar-refractivity contribution < 1.29 is 4.79 Å². The summed E-state index contributed by atoms with van der Waals surface area (Å²) in [5.41, 5.74) is 1.92. The Labute approximate surface area is 132 Å². The zero-order valence-electron chi connectivity index (χ0n) is 13.2. The van der Waals surface area contributed by atoms with Crippen molar-refractivity contribution in [2.45, 2.75) is 20.3 Å². The molecule has 1 aromatic heterocycles. The van der Waals surface area contributed by atoms with Crippen molar-refractivity contribution in [1.29, 1.82) is 0 Å². The topological polar surface area (TPSA) is 54.0 Å². The van der Waals surface area contributed by atoms with Crippen LogP contribution in [0.2, 0.25) is 0 Å². The smallest absolute Gasteiger partial charge is 0.251 e. The minimum absolute atomic E-state index is 0.0535. The van der Waals surface area contributed by atoms with Crippen LogP contribution in [0.4, 0.5) is 5.82 Å². The monoisotopic (exact) mass is 297 g/mol. The van der Waals surface area contributed by atoms with Crippen molar-refractivity contribution in [2.75, 3.05) is 18.4 Å². The molecule has 0 saturated heterocycles. The van der Waals surface area contributed by atoms with E-state index in [1.165, 1.54) is 5.56 Å². The van der Waals surface area contributed by atoms with Gasteiger partial charge >= 0.3 is 0 Å². The van der Waals surface area contributed by atoms with Crippen LogP contribution in [0.25, 0.3) is 0 Å². The molecule has 0 bridgehead atoms. The second-order valence-corrected chi connectivity index (χ2v) is 5.70. The van der Waals surface area contributed by atoms with Gasteiger partial charge in [-0.1, -0.05) is 44.2 Å². The van der Waals surface area contributed by atoms with Crippen molar-refractivity contribution >= 4 is 11.7 Å². The summed E-state index contributed by atoms with van der Waals surface area (Å²) < 4.78 is 0. The Morgan fingerprint density at radius 3 is 2.68 bits per heavy atom. The summed E-state index contributed by atoms with van der Waals surface area (Å²) in [6.07, 6.45) is 2.58. The minimum atomic E-state index is -0.0535. The molecular weight excluding hydrogens is 274 g/mol. The first-order valence-electron chi connectivity index (χ1n) is 7.67. The van der Waals surface area contributed by atoms with Crippen LogP contribution < -0.4 is 10.6 Å². The number of amides is 1. The molecular formula is C18H23N3O. The summed E-state index contributed by atoms with van der Waals surface area (Å²) in [6, 6.07) is 13.8. The molecule has 0 aliphatic rings. The van der Waals surface area contributed by atoms with E-state index in [1.807, 2.05) is 18.2 Å². The minimum Gasteiger partial charge on any atom is -0.370 e. The standard InChI is InChI=1S/C18H23N3O/c1-14(2)13-21-18(22)16-9-11-20-17(12-16)19-10-8-15-6-4-3-5-7-15/h3-7,9,11-12,14H,8,10,13H2,1-2H3,(H,19,20)(H,21,22). The molecule has 0 unspecified atom stereocenters. The first kappa shape index (κ1) is 16.0. The van der Waals surface area contributed by atoms with Gasteiger partial charge in [0, 0.05) is 24.8 Å². The van der Waals surface area contributed by atoms with Gasteiger partial charge in [-0.2, -0.15) is 0 Å². The molecule has 0 radical (unpaired) electrons. The molecule has 2 rings (SSSR count). The quantitative estimate of drug-likeness (QED) is 0.825. The molecule has 1 heterocycles. The van der Waals surface area contributed by atoms with E-state index in [4.69, 9.17) is 0 Å². The van der Waals surface area contributed by atoms with E-state index in [1.54, 1.807) is 18.3 Å². The summed E-state index contributed by atoms with van der Waals surface area (Å²) in [7, 11) is 0. The van der Waals surface area contributed by atoms with Crippen LogP contribution in [0.15, 0.2) is 48.7 Å². The molecule has 116 valence electrons. The Balaban J connectivity index is 1.87. The lowest BCUT2D eigenvalue weighted by Gasteiger charge is -2.09. The van der Waals surface area contributed by atoms with Crippen molar-refractivity contribution in [3.8, 4) is 0 Å². The first-order valence-corrected chi connectivity index (χ1v) is 7.67. The summed E-state index contributed by atoms with van der Waals surface area (Å²) in [6.45, 7) is 5.61. The molecule has 0 aliphatic heterocycles. The molecule has 2 aromatic rings. The number of pyridine rings is 1. The zero-order valence-corrected chi connectivity index (χ0v) is 13.2. The van der Waals surface area contributed by atoms with Crippen LogP contribution in [-0.2, 0) is 6.42 Å². The van der Waals surface area contributed by atoms with E-state index in [0.29, 0.717) is 18.0 Å². The lowest BCUT2D eigenvalue weighted by atomic mass is 10.1. The molecule has 0 saturated carbocycles. The second kappa shape index (κ2) is 8.17. The lowest BCUT2D eigenvalue weighted by Crippen LogP contribution is -2.27. The summed E-state index contributed by atoms with van der Waals surface area (Å²) in [5.74, 6) is 1.12. The maximum absolute atomic E-state index is 12.0. The lowest BCUT2D eigenvalue weighted by molar-refractivity contribution is 0.0949. The van der Waals surface area contributed by atoms with Gasteiger partial charge < -0.3 is 10.6 Å². The summed E-state index contributed by atoms with van der Waals surface area (Å²) in [5, 5.41) is 6.18. The third-order valence-electron chi connectivity index (χ3n) is 3.26. The highest BCUT2D eigenvalue weighted by Gasteiger charge is 2.07. The van der Waals surface area contributed by atoms with Crippen LogP contribution in [-0.4, -0.2) is 24.0 Å². The molecule has 0 fully saturated rings. The predicted octanol–water partition coefficient (Wildman–Crippen LogP) is 3.12. The predicted molar refractivity (Wildman–Crippen MR) is 90.0 cm³/mol. The maximum Gasteiger partial charge on any atom is 0.251 e. The van der Waals surface area contributed by atoms with E-state index in [-0.39, 0.29) is 5.91 Å². The fourth-order valence-corrected chi connectivity index (χ4v) is 2.05.